The van der Waals surface area contributed by atoms with Gasteiger partial charge in [0.15, 0.2) is 37.9 Å². The van der Waals surface area contributed by atoms with Crippen LogP contribution in [-0.4, -0.2) is 19.9 Å². The van der Waals surface area contributed by atoms with Gasteiger partial charge in [-0.1, -0.05) is 121 Å². The molecule has 0 radical (unpaired) electrons. The number of pyridine rings is 2. The minimum absolute atomic E-state index is 0.799. The second kappa shape index (κ2) is 16.1. The average Bonchev–Trinajstić information content (AvgIpc) is 4.15. The number of hydrogen-bond acceptors (Lipinski definition) is 2. The molecule has 62 heavy (non-hydrogen) atoms. The van der Waals surface area contributed by atoms with Crippen LogP contribution in [0.4, 0.5) is 0 Å². The van der Waals surface area contributed by atoms with Gasteiger partial charge in [-0.05, 0) is 70.8 Å². The summed E-state index contributed by atoms with van der Waals surface area (Å²) in [6.45, 7) is 1.60. The van der Waals surface area contributed by atoms with E-state index in [2.05, 4.69) is 226 Å². The van der Waals surface area contributed by atoms with Crippen molar-refractivity contribution in [3.05, 3.63) is 252 Å². The summed E-state index contributed by atoms with van der Waals surface area (Å²) in [6, 6.07) is 64.3. The van der Waals surface area contributed by atoms with Gasteiger partial charge >= 0.3 is 0 Å². The first-order valence-corrected chi connectivity index (χ1v) is 21.0. The minimum atomic E-state index is 0.799. The van der Waals surface area contributed by atoms with Gasteiger partial charge in [-0.15, -0.1) is 0 Å². The van der Waals surface area contributed by atoms with Crippen LogP contribution in [0.5, 0.6) is 0 Å². The molecule has 0 spiro atoms. The fourth-order valence-corrected chi connectivity index (χ4v) is 8.46. The molecule has 0 amide bonds. The van der Waals surface area contributed by atoms with Crippen LogP contribution in [0.25, 0.3) is 67.6 Å². The van der Waals surface area contributed by atoms with Gasteiger partial charge in [0.1, 0.15) is 0 Å². The predicted molar refractivity (Wildman–Crippen MR) is 250 cm³/mol. The molecule has 2 aliphatic rings. The van der Waals surface area contributed by atoms with Crippen LogP contribution in [0.2, 0.25) is 0 Å². The molecule has 7 heterocycles. The van der Waals surface area contributed by atoms with Gasteiger partial charge in [-0.3, -0.25) is 0 Å². The van der Waals surface area contributed by atoms with Gasteiger partial charge in [0, 0.05) is 68.7 Å². The molecule has 0 atom stereocenters. The van der Waals surface area contributed by atoms with Gasteiger partial charge < -0.3 is 9.97 Å². The van der Waals surface area contributed by atoms with Crippen LogP contribution < -0.4 is 9.13 Å². The maximum Gasteiger partial charge on any atom is 0.173 e. The monoisotopic (exact) mass is 798 g/mol. The summed E-state index contributed by atoms with van der Waals surface area (Å²) in [5.74, 6) is 0. The van der Waals surface area contributed by atoms with Crippen LogP contribution in [0, 0.1) is 0 Å². The Bertz CT molecular complexity index is 3070. The number of hydrogen-bond donors (Lipinski definition) is 2. The lowest BCUT2D eigenvalue weighted by atomic mass is 10.00. The Labute approximate surface area is 360 Å². The normalized spacial score (nSPS) is 12.2. The number of aromatic nitrogens is 6. The van der Waals surface area contributed by atoms with E-state index in [1.165, 1.54) is 11.1 Å². The van der Waals surface area contributed by atoms with Gasteiger partial charge in [-0.2, -0.15) is 0 Å². The lowest BCUT2D eigenvalue weighted by Crippen LogP contribution is -2.32. The molecule has 294 valence electrons. The summed E-state index contributed by atoms with van der Waals surface area (Å²) in [4.78, 5) is 18.3. The van der Waals surface area contributed by atoms with E-state index in [0.717, 1.165) is 102 Å². The first-order chi connectivity index (χ1) is 30.7. The number of benzene rings is 4. The molecule has 11 rings (SSSR count). The summed E-state index contributed by atoms with van der Waals surface area (Å²) in [7, 11) is 0. The Hall–Kier alpha value is -8.22. The van der Waals surface area contributed by atoms with Crippen molar-refractivity contribution in [2.45, 2.75) is 13.1 Å². The second-order valence-electron chi connectivity index (χ2n) is 15.8. The number of nitrogens with one attached hydrogen (secondary N) is 2. The smallest absolute Gasteiger partial charge is 0.173 e. The number of aromatic amines is 2. The van der Waals surface area contributed by atoms with E-state index in [0.29, 0.717) is 0 Å². The predicted octanol–water partition coefficient (Wildman–Crippen LogP) is 11.5. The molecule has 0 saturated heterocycles. The van der Waals surface area contributed by atoms with Crippen molar-refractivity contribution >= 4 is 45.4 Å². The van der Waals surface area contributed by atoms with E-state index in [-0.39, 0.29) is 0 Å². The minimum Gasteiger partial charge on any atom is -0.353 e. The zero-order valence-electron chi connectivity index (χ0n) is 34.0. The Balaban J connectivity index is 1.11. The summed E-state index contributed by atoms with van der Waals surface area (Å²) in [6.07, 6.45) is 12.8. The average molecular weight is 799 g/mol. The molecule has 8 bridgehead atoms. The number of nitrogens with zero attached hydrogens (tertiary/aromatic N) is 4. The second-order valence-corrected chi connectivity index (χ2v) is 15.8. The van der Waals surface area contributed by atoms with Crippen molar-refractivity contribution < 1.29 is 9.13 Å². The number of fused-ring (bicyclic) bond motifs is 10. The van der Waals surface area contributed by atoms with E-state index in [1.807, 2.05) is 12.1 Å². The van der Waals surface area contributed by atoms with Crippen molar-refractivity contribution in [3.63, 3.8) is 0 Å². The van der Waals surface area contributed by atoms with Crippen LogP contribution in [0.1, 0.15) is 45.0 Å². The lowest BCUT2D eigenvalue weighted by Gasteiger charge is -2.04. The van der Waals surface area contributed by atoms with Gasteiger partial charge in [0.25, 0.3) is 0 Å². The number of H-pyrrole nitrogens is 2. The fourth-order valence-electron chi connectivity index (χ4n) is 8.46. The highest BCUT2D eigenvalue weighted by atomic mass is 14.9. The molecular formula is C56H42N6+2. The molecule has 0 saturated carbocycles. The highest BCUT2D eigenvalue weighted by Gasteiger charge is 2.20. The first-order valence-electron chi connectivity index (χ1n) is 21.0. The van der Waals surface area contributed by atoms with Crippen molar-refractivity contribution in [1.29, 1.82) is 0 Å². The third-order valence-electron chi connectivity index (χ3n) is 11.6. The molecule has 0 aliphatic carbocycles. The lowest BCUT2D eigenvalue weighted by molar-refractivity contribution is -0.688. The van der Waals surface area contributed by atoms with Crippen molar-refractivity contribution in [3.8, 4) is 22.3 Å². The van der Waals surface area contributed by atoms with Crippen LogP contribution in [-0.2, 0) is 13.1 Å². The largest absolute Gasteiger partial charge is 0.353 e. The van der Waals surface area contributed by atoms with Crippen molar-refractivity contribution in [2.24, 2.45) is 0 Å². The highest BCUT2D eigenvalue weighted by Crippen LogP contribution is 2.36. The molecule has 6 nitrogen and oxygen atoms in total. The third-order valence-corrected chi connectivity index (χ3v) is 11.6. The molecule has 6 heteroatoms. The van der Waals surface area contributed by atoms with E-state index >= 15 is 0 Å². The molecule has 0 fully saturated rings. The molecule has 9 aromatic rings. The van der Waals surface area contributed by atoms with Crippen LogP contribution in [0.3, 0.4) is 0 Å². The van der Waals surface area contributed by atoms with E-state index in [9.17, 15) is 0 Å². The Morgan fingerprint density at radius 1 is 0.355 bits per heavy atom. The molecule has 0 unspecified atom stereocenters. The van der Waals surface area contributed by atoms with Crippen LogP contribution in [0.15, 0.2) is 207 Å². The zero-order chi connectivity index (χ0) is 41.2. The Morgan fingerprint density at radius 2 is 0.742 bits per heavy atom. The molecule has 4 aromatic carbocycles. The van der Waals surface area contributed by atoms with Crippen LogP contribution >= 0.6 is 0 Å². The van der Waals surface area contributed by atoms with Gasteiger partial charge in [0.2, 0.25) is 0 Å². The maximum atomic E-state index is 5.34. The third kappa shape index (κ3) is 7.46. The molecule has 2 aliphatic heterocycles. The summed E-state index contributed by atoms with van der Waals surface area (Å²) < 4.78 is 4.38. The molecule has 2 N–H and O–H groups in total. The van der Waals surface area contributed by atoms with Gasteiger partial charge in [0.05, 0.1) is 33.8 Å². The summed E-state index contributed by atoms with van der Waals surface area (Å²) >= 11 is 0. The zero-order valence-corrected chi connectivity index (χ0v) is 34.0. The highest BCUT2D eigenvalue weighted by molar-refractivity contribution is 5.99. The Kier molecular flexibility index (Phi) is 9.56. The number of rotatable bonds is 8. The Morgan fingerprint density at radius 3 is 1.15 bits per heavy atom. The van der Waals surface area contributed by atoms with E-state index < -0.39 is 0 Å². The van der Waals surface area contributed by atoms with E-state index in [4.69, 9.17) is 9.97 Å². The first kappa shape index (κ1) is 36.8. The van der Waals surface area contributed by atoms with Crippen molar-refractivity contribution in [1.82, 2.24) is 19.9 Å². The SMILES string of the molecule is C1=C(c2ccc(C[n+]3ccccc3)cc2)c2ccc3[nH]c(cc3-c3ccccc3)c3cc(-c4ccccc4)c(ccc4nc(c1n2)C=C4c1ccc(C[n+]2ccccc2)cc1)[nH]3. The topological polar surface area (TPSA) is 65.1 Å². The standard InChI is InChI=1S/C56H42N6/c1-5-13-41(14-6-1)45-33-53-54-34-46(42-15-7-2-8-16-42)50(58-54)26-28-52-48(44-23-19-40(20-24-44)38-62-31-11-4-12-32-62)36-56(60-52)55-35-47(51(59-55)27-25-49(45)57-53)43-21-17-39(18-22-43)37-61-29-9-3-10-30-61/h1-36,57-58H,37-38H2/q+2. The van der Waals surface area contributed by atoms with Gasteiger partial charge in [-0.25, -0.2) is 19.1 Å². The summed E-state index contributed by atoms with van der Waals surface area (Å²) in [5.41, 5.74) is 18.7. The fraction of sp³-hybridized carbons (Fsp3) is 0.0357. The van der Waals surface area contributed by atoms with E-state index in [1.54, 1.807) is 0 Å². The molecular weight excluding hydrogens is 757 g/mol. The summed E-state index contributed by atoms with van der Waals surface area (Å²) in [5, 5.41) is 0. The maximum absolute atomic E-state index is 5.34. The van der Waals surface area contributed by atoms with Crippen molar-refractivity contribution in [2.75, 3.05) is 0 Å². The quantitative estimate of drug-likeness (QED) is 0.150. The molecule has 5 aromatic heterocycles.